The molecule has 0 bridgehead atoms. The maximum Gasteiger partial charge on any atom is 0.407 e. The van der Waals surface area contributed by atoms with Gasteiger partial charge in [-0.3, -0.25) is 0 Å². The Labute approximate surface area is 94.0 Å². The van der Waals surface area contributed by atoms with E-state index < -0.39 is 6.09 Å². The number of fused-ring (bicyclic) bond motifs is 1. The van der Waals surface area contributed by atoms with E-state index in [4.69, 9.17) is 0 Å². The van der Waals surface area contributed by atoms with Crippen molar-refractivity contribution < 1.29 is 9.53 Å². The summed E-state index contributed by atoms with van der Waals surface area (Å²) in [5, 5.41) is 5.02. The highest BCUT2D eigenvalue weighted by molar-refractivity contribution is 5.83. The molecule has 0 aliphatic carbocycles. The Hall–Kier alpha value is -2.03. The third-order valence-electron chi connectivity index (χ3n) is 2.44. The molecule has 3 nitrogen and oxygen atoms in total. The number of hydrogen-bond donors (Lipinski definition) is 1. The second-order valence-electron chi connectivity index (χ2n) is 3.53. The molecule has 2 aromatic carbocycles. The lowest BCUT2D eigenvalue weighted by Crippen LogP contribution is -2.22. The molecule has 0 unspecified atom stereocenters. The van der Waals surface area contributed by atoms with E-state index in [1.165, 1.54) is 17.9 Å². The highest BCUT2D eigenvalue weighted by Gasteiger charge is 1.99. The summed E-state index contributed by atoms with van der Waals surface area (Å²) in [6.07, 6.45) is -0.409. The van der Waals surface area contributed by atoms with Crippen LogP contribution in [0.1, 0.15) is 5.56 Å². The minimum atomic E-state index is -0.409. The molecule has 3 heteroatoms. The molecule has 82 valence electrons. The lowest BCUT2D eigenvalue weighted by atomic mass is 10.1. The van der Waals surface area contributed by atoms with Crippen molar-refractivity contribution in [2.45, 2.75) is 6.54 Å². The van der Waals surface area contributed by atoms with E-state index >= 15 is 0 Å². The molecule has 0 saturated carbocycles. The summed E-state index contributed by atoms with van der Waals surface area (Å²) in [6, 6.07) is 14.2. The Kier molecular flexibility index (Phi) is 3.05. The molecule has 1 N–H and O–H groups in total. The van der Waals surface area contributed by atoms with Crippen LogP contribution in [0.4, 0.5) is 4.79 Å². The summed E-state index contributed by atoms with van der Waals surface area (Å²) in [4.78, 5) is 10.9. The molecule has 0 saturated heterocycles. The molecule has 0 aliphatic rings. The molecule has 0 aromatic heterocycles. The van der Waals surface area contributed by atoms with Gasteiger partial charge >= 0.3 is 6.09 Å². The highest BCUT2D eigenvalue weighted by Crippen LogP contribution is 2.15. The van der Waals surface area contributed by atoms with Gasteiger partial charge in [-0.05, 0) is 22.4 Å². The van der Waals surface area contributed by atoms with Gasteiger partial charge in [-0.15, -0.1) is 0 Å². The van der Waals surface area contributed by atoms with E-state index in [2.05, 4.69) is 28.3 Å². The minimum Gasteiger partial charge on any atom is -0.453 e. The summed E-state index contributed by atoms with van der Waals surface area (Å²) >= 11 is 0. The summed E-state index contributed by atoms with van der Waals surface area (Å²) in [7, 11) is 1.36. The Balaban J connectivity index is 2.16. The number of carbonyl (C=O) groups excluding carboxylic acids is 1. The van der Waals surface area contributed by atoms with Crippen LogP contribution in [0, 0.1) is 0 Å². The molecule has 0 radical (unpaired) electrons. The average molecular weight is 215 g/mol. The summed E-state index contributed by atoms with van der Waals surface area (Å²) < 4.78 is 4.51. The molecule has 0 aliphatic heterocycles. The van der Waals surface area contributed by atoms with E-state index in [-0.39, 0.29) is 0 Å². The standard InChI is InChI=1S/C13H13NO2/c1-16-13(15)14-9-10-6-7-11-4-2-3-5-12(11)8-10/h2-8H,9H2,1H3,(H,14,15). The van der Waals surface area contributed by atoms with E-state index in [9.17, 15) is 4.79 Å². The molecular formula is C13H13NO2. The van der Waals surface area contributed by atoms with Crippen molar-refractivity contribution in [2.75, 3.05) is 7.11 Å². The molecule has 0 spiro atoms. The maximum absolute atomic E-state index is 10.9. The second-order valence-corrected chi connectivity index (χ2v) is 3.53. The molecule has 16 heavy (non-hydrogen) atoms. The first kappa shape index (κ1) is 10.5. The van der Waals surface area contributed by atoms with Crippen LogP contribution in [0.15, 0.2) is 42.5 Å². The quantitative estimate of drug-likeness (QED) is 0.836. The summed E-state index contributed by atoms with van der Waals surface area (Å²) in [5.41, 5.74) is 1.06. The molecule has 1 amide bonds. The molecule has 0 fully saturated rings. The maximum atomic E-state index is 10.9. The van der Waals surface area contributed by atoms with Crippen molar-refractivity contribution in [3.8, 4) is 0 Å². The summed E-state index contributed by atoms with van der Waals surface area (Å²) in [6.45, 7) is 0.484. The van der Waals surface area contributed by atoms with E-state index in [0.29, 0.717) is 6.54 Å². The number of hydrogen-bond acceptors (Lipinski definition) is 2. The van der Waals surface area contributed by atoms with Crippen molar-refractivity contribution in [2.24, 2.45) is 0 Å². The van der Waals surface area contributed by atoms with Gasteiger partial charge in [-0.25, -0.2) is 4.79 Å². The van der Waals surface area contributed by atoms with Crippen molar-refractivity contribution in [3.05, 3.63) is 48.0 Å². The predicted octanol–water partition coefficient (Wildman–Crippen LogP) is 2.70. The van der Waals surface area contributed by atoms with Crippen LogP contribution in [0.3, 0.4) is 0 Å². The average Bonchev–Trinajstić information content (AvgIpc) is 2.35. The van der Waals surface area contributed by atoms with Gasteiger partial charge < -0.3 is 10.1 Å². The van der Waals surface area contributed by atoms with E-state index in [0.717, 1.165) is 5.56 Å². The third-order valence-corrected chi connectivity index (χ3v) is 2.44. The Morgan fingerprint density at radius 3 is 2.69 bits per heavy atom. The SMILES string of the molecule is COC(=O)NCc1ccc2ccccc2c1. The predicted molar refractivity (Wildman–Crippen MR) is 63.2 cm³/mol. The van der Waals surface area contributed by atoms with Crippen LogP contribution < -0.4 is 5.32 Å². The molecule has 2 rings (SSSR count). The first-order valence-electron chi connectivity index (χ1n) is 5.09. The zero-order valence-electron chi connectivity index (χ0n) is 9.07. The zero-order chi connectivity index (χ0) is 11.4. The number of ether oxygens (including phenoxy) is 1. The number of amides is 1. The molecular weight excluding hydrogens is 202 g/mol. The van der Waals surface area contributed by atoms with Crippen LogP contribution in [-0.4, -0.2) is 13.2 Å². The number of methoxy groups -OCH3 is 1. The Bertz CT molecular complexity index is 508. The number of nitrogens with one attached hydrogen (secondary N) is 1. The van der Waals surface area contributed by atoms with Gasteiger partial charge in [-0.2, -0.15) is 0 Å². The second kappa shape index (κ2) is 4.66. The van der Waals surface area contributed by atoms with Gasteiger partial charge in [-0.1, -0.05) is 36.4 Å². The largest absolute Gasteiger partial charge is 0.453 e. The Morgan fingerprint density at radius 2 is 1.94 bits per heavy atom. The van der Waals surface area contributed by atoms with Crippen molar-refractivity contribution in [1.29, 1.82) is 0 Å². The fraction of sp³-hybridized carbons (Fsp3) is 0.154. The van der Waals surface area contributed by atoms with Crippen LogP contribution in [-0.2, 0) is 11.3 Å². The number of alkyl carbamates (subject to hydrolysis) is 1. The fourth-order valence-electron chi connectivity index (χ4n) is 1.60. The number of benzene rings is 2. The highest BCUT2D eigenvalue weighted by atomic mass is 16.5. The lowest BCUT2D eigenvalue weighted by molar-refractivity contribution is 0.170. The zero-order valence-corrected chi connectivity index (χ0v) is 9.07. The van der Waals surface area contributed by atoms with Gasteiger partial charge in [0.2, 0.25) is 0 Å². The first-order valence-corrected chi connectivity index (χ1v) is 5.09. The van der Waals surface area contributed by atoms with Crippen molar-refractivity contribution >= 4 is 16.9 Å². The van der Waals surface area contributed by atoms with Gasteiger partial charge in [0.25, 0.3) is 0 Å². The van der Waals surface area contributed by atoms with Gasteiger partial charge in [0.05, 0.1) is 7.11 Å². The summed E-state index contributed by atoms with van der Waals surface area (Å²) in [5.74, 6) is 0. The van der Waals surface area contributed by atoms with Crippen molar-refractivity contribution in [1.82, 2.24) is 5.32 Å². The molecule has 2 aromatic rings. The third kappa shape index (κ3) is 2.31. The smallest absolute Gasteiger partial charge is 0.407 e. The van der Waals surface area contributed by atoms with Crippen molar-refractivity contribution in [3.63, 3.8) is 0 Å². The van der Waals surface area contributed by atoms with E-state index in [1.807, 2.05) is 24.3 Å². The van der Waals surface area contributed by atoms with E-state index in [1.54, 1.807) is 0 Å². The van der Waals surface area contributed by atoms with Gasteiger partial charge in [0.1, 0.15) is 0 Å². The lowest BCUT2D eigenvalue weighted by Gasteiger charge is -2.05. The number of carbonyl (C=O) groups is 1. The Morgan fingerprint density at radius 1 is 1.19 bits per heavy atom. The van der Waals surface area contributed by atoms with Crippen LogP contribution >= 0.6 is 0 Å². The van der Waals surface area contributed by atoms with Crippen LogP contribution in [0.5, 0.6) is 0 Å². The monoisotopic (exact) mass is 215 g/mol. The van der Waals surface area contributed by atoms with Crippen LogP contribution in [0.2, 0.25) is 0 Å². The molecule has 0 heterocycles. The minimum absolute atomic E-state index is 0.409. The van der Waals surface area contributed by atoms with Gasteiger partial charge in [0, 0.05) is 6.54 Å². The van der Waals surface area contributed by atoms with Crippen LogP contribution in [0.25, 0.3) is 10.8 Å². The normalized spacial score (nSPS) is 10.1. The topological polar surface area (TPSA) is 38.3 Å². The molecule has 0 atom stereocenters. The fourth-order valence-corrected chi connectivity index (χ4v) is 1.60. The first-order chi connectivity index (χ1) is 7.79. The number of rotatable bonds is 2. The van der Waals surface area contributed by atoms with Gasteiger partial charge in [0.15, 0.2) is 0 Å².